The Morgan fingerprint density at radius 3 is 1.76 bits per heavy atom. The van der Waals surface area contributed by atoms with E-state index in [1.165, 1.54) is 18.7 Å². The normalized spacial score (nSPS) is 16.1. The Hall–Kier alpha value is -6.60. The van der Waals surface area contributed by atoms with Crippen LogP contribution in [0.5, 0.6) is 0 Å². The maximum Gasteiger partial charge on any atom is 0.245 e. The largest absolute Gasteiger partial charge is 0.394 e. The Kier molecular flexibility index (Phi) is 28.3. The minimum Gasteiger partial charge on any atom is -0.394 e. The number of unbranched alkanes of at least 4 members (excludes halogenated alkanes) is 1. The highest BCUT2D eigenvalue weighted by Crippen LogP contribution is 2.20. The van der Waals surface area contributed by atoms with Crippen molar-refractivity contribution in [2.24, 2.45) is 34.0 Å². The first-order valence-corrected chi connectivity index (χ1v) is 23.8. The molecule has 1 heterocycles. The van der Waals surface area contributed by atoms with E-state index in [1.807, 2.05) is 0 Å². The molecule has 0 bridgehead atoms. The molecule has 8 atom stereocenters. The van der Waals surface area contributed by atoms with Gasteiger partial charge >= 0.3 is 0 Å². The topological polar surface area (TPSA) is 410 Å². The number of aliphatic hydroxyl groups is 1. The van der Waals surface area contributed by atoms with Crippen LogP contribution < -0.4 is 65.1 Å². The summed E-state index contributed by atoms with van der Waals surface area (Å²) in [5.74, 6) is -8.87. The number of primary amides is 1. The highest BCUT2D eigenvalue weighted by molar-refractivity contribution is 5.98. The molecule has 0 unspecified atom stereocenters. The van der Waals surface area contributed by atoms with Crippen LogP contribution in [0.3, 0.4) is 0 Å². The summed E-state index contributed by atoms with van der Waals surface area (Å²) in [6, 6.07) is -9.09. The summed E-state index contributed by atoms with van der Waals surface area (Å²) in [6.45, 7) is 10.5. The van der Waals surface area contributed by atoms with Crippen LogP contribution in [0.2, 0.25) is 0 Å². The number of nitrogens with one attached hydrogen (secondary N) is 9. The molecule has 0 saturated carbocycles. The molecule has 70 heavy (non-hydrogen) atoms. The van der Waals surface area contributed by atoms with Crippen molar-refractivity contribution in [2.75, 3.05) is 39.3 Å². The SMILES string of the molecule is CCNC(=O)[C@@H]1CCCN1C(=O)[C@H](CCCN=C(N)N)NC(=O)[C@H](CCCCNC(C)=O)NC(=O)[C@H](CCC(N)=O)NC(=O)[C@H](CO)NC(=O)[C@H](NC(=O)[C@@H](NC(=O)CNC(C)=O)C(C)C)[C@H](C)CC. The second kappa shape index (κ2) is 32.3. The zero-order valence-electron chi connectivity index (χ0n) is 41.6. The molecule has 16 N–H and O–H groups in total. The molecule has 0 aromatic heterocycles. The predicted molar refractivity (Wildman–Crippen MR) is 256 cm³/mol. The van der Waals surface area contributed by atoms with Crippen LogP contribution in [-0.4, -0.2) is 163 Å². The van der Waals surface area contributed by atoms with Crippen molar-refractivity contribution < 1.29 is 57.8 Å². The number of guanidine groups is 1. The van der Waals surface area contributed by atoms with Gasteiger partial charge in [0.25, 0.3) is 0 Å². The van der Waals surface area contributed by atoms with E-state index in [0.717, 1.165) is 0 Å². The molecule has 1 fully saturated rings. The van der Waals surface area contributed by atoms with Crippen LogP contribution in [-0.2, 0) is 52.7 Å². The number of nitrogens with zero attached hydrogens (tertiary/aromatic N) is 2. The molecule has 1 rings (SSSR count). The Morgan fingerprint density at radius 1 is 0.657 bits per heavy atom. The van der Waals surface area contributed by atoms with Crippen molar-refractivity contribution in [2.45, 2.75) is 155 Å². The number of rotatable bonds is 32. The van der Waals surface area contributed by atoms with Gasteiger partial charge in [-0.1, -0.05) is 34.1 Å². The number of likely N-dealkylation sites (tertiary alicyclic amines) is 1. The number of hydrogen-bond acceptors (Lipinski definition) is 13. The Balaban J connectivity index is 3.47. The van der Waals surface area contributed by atoms with Gasteiger partial charge in [0, 0.05) is 46.4 Å². The monoisotopic (exact) mass is 995 g/mol. The van der Waals surface area contributed by atoms with E-state index in [9.17, 15) is 57.8 Å². The van der Waals surface area contributed by atoms with Crippen molar-refractivity contribution in [3.05, 3.63) is 0 Å². The van der Waals surface area contributed by atoms with Gasteiger partial charge in [-0.3, -0.25) is 57.7 Å². The minimum atomic E-state index is -1.72. The van der Waals surface area contributed by atoms with Crippen LogP contribution in [0.4, 0.5) is 0 Å². The van der Waals surface area contributed by atoms with Crippen molar-refractivity contribution in [3.8, 4) is 0 Å². The van der Waals surface area contributed by atoms with E-state index in [-0.39, 0.29) is 63.1 Å². The lowest BCUT2D eigenvalue weighted by Crippen LogP contribution is -2.61. The number of aliphatic imine (C=N–C) groups is 1. The molecule has 396 valence electrons. The highest BCUT2D eigenvalue weighted by Gasteiger charge is 2.39. The minimum absolute atomic E-state index is 0.0328. The number of hydrogen-bond donors (Lipinski definition) is 13. The molecular weight excluding hydrogens is 917 g/mol. The standard InChI is InChI=1S/C44H78N14O12/c1-8-25(5)36(57-41(68)35(24(3)4)56-34(63)22-51-27(7)61)42(69)55-31(23-59)39(66)53-29(17-18-33(45)62)38(65)52-28(14-10-11-19-49-26(6)60)37(64)54-30(15-12-20-50-44(46)47)43(70)58-21-13-16-32(58)40(67)48-9-2/h24-25,28-32,35-36,59H,8-23H2,1-7H3,(H2,45,62)(H,48,67)(H,49,60)(H,51,61)(H,52,65)(H,53,66)(H,54,64)(H,55,69)(H,56,63)(H,57,68)(H4,46,47,50)/t25-,28+,29+,30+,31+,32+,35+,36-/m1/s1. The molecule has 0 radical (unpaired) electrons. The summed E-state index contributed by atoms with van der Waals surface area (Å²) in [6.07, 6.45) is 1.31. The predicted octanol–water partition coefficient (Wildman–Crippen LogP) is -4.52. The van der Waals surface area contributed by atoms with Crippen molar-refractivity contribution in [3.63, 3.8) is 0 Å². The zero-order chi connectivity index (χ0) is 53.1. The first kappa shape index (κ1) is 61.4. The lowest BCUT2D eigenvalue weighted by Gasteiger charge is -2.30. The summed E-state index contributed by atoms with van der Waals surface area (Å²) >= 11 is 0. The highest BCUT2D eigenvalue weighted by atomic mass is 16.3. The lowest BCUT2D eigenvalue weighted by molar-refractivity contribution is -0.142. The van der Waals surface area contributed by atoms with Crippen molar-refractivity contribution >= 4 is 70.9 Å². The summed E-state index contributed by atoms with van der Waals surface area (Å²) in [7, 11) is 0. The average molecular weight is 995 g/mol. The molecule has 1 saturated heterocycles. The smallest absolute Gasteiger partial charge is 0.245 e. The number of carbonyl (C=O) groups excluding carboxylic acids is 11. The van der Waals surface area contributed by atoms with Gasteiger partial charge in [0.1, 0.15) is 42.3 Å². The third kappa shape index (κ3) is 22.7. The fourth-order valence-electron chi connectivity index (χ4n) is 7.30. The van der Waals surface area contributed by atoms with E-state index in [1.54, 1.807) is 34.6 Å². The van der Waals surface area contributed by atoms with E-state index >= 15 is 0 Å². The van der Waals surface area contributed by atoms with Crippen LogP contribution in [0.1, 0.15) is 113 Å². The maximum atomic E-state index is 14.2. The number of likely N-dealkylation sites (N-methyl/N-ethyl adjacent to an activating group) is 1. The van der Waals surface area contributed by atoms with Gasteiger partial charge in [-0.15, -0.1) is 0 Å². The zero-order valence-corrected chi connectivity index (χ0v) is 41.6. The van der Waals surface area contributed by atoms with Gasteiger partial charge in [-0.25, -0.2) is 0 Å². The molecule has 0 spiro atoms. The van der Waals surface area contributed by atoms with Gasteiger partial charge < -0.3 is 75.1 Å². The third-order valence-corrected chi connectivity index (χ3v) is 11.4. The molecule has 0 aromatic carbocycles. The Bertz CT molecular complexity index is 1850. The van der Waals surface area contributed by atoms with Crippen molar-refractivity contribution in [1.82, 2.24) is 52.8 Å². The van der Waals surface area contributed by atoms with Crippen LogP contribution in [0.25, 0.3) is 0 Å². The van der Waals surface area contributed by atoms with Gasteiger partial charge in [0.2, 0.25) is 65.0 Å². The second-order valence-electron chi connectivity index (χ2n) is 17.5. The first-order valence-electron chi connectivity index (χ1n) is 23.8. The van der Waals surface area contributed by atoms with E-state index in [4.69, 9.17) is 17.2 Å². The first-order chi connectivity index (χ1) is 33.0. The van der Waals surface area contributed by atoms with Crippen molar-refractivity contribution in [1.29, 1.82) is 0 Å². The van der Waals surface area contributed by atoms with Gasteiger partial charge in [-0.2, -0.15) is 0 Å². The Morgan fingerprint density at radius 2 is 1.21 bits per heavy atom. The number of carbonyl (C=O) groups is 11. The maximum absolute atomic E-state index is 14.2. The number of nitrogens with two attached hydrogens (primary N) is 3. The van der Waals surface area contributed by atoms with Crippen LogP contribution >= 0.6 is 0 Å². The quantitative estimate of drug-likeness (QED) is 0.0172. The molecule has 1 aliphatic rings. The van der Waals surface area contributed by atoms with E-state index in [2.05, 4.69) is 52.8 Å². The second-order valence-corrected chi connectivity index (χ2v) is 17.5. The van der Waals surface area contributed by atoms with E-state index in [0.29, 0.717) is 32.2 Å². The molecule has 0 aliphatic carbocycles. The molecule has 1 aliphatic heterocycles. The fraction of sp³-hybridized carbons (Fsp3) is 0.727. The average Bonchev–Trinajstić information content (AvgIpc) is 3.79. The van der Waals surface area contributed by atoms with Gasteiger partial charge in [0.15, 0.2) is 5.96 Å². The van der Waals surface area contributed by atoms with Crippen LogP contribution in [0, 0.1) is 11.8 Å². The van der Waals surface area contributed by atoms with Crippen LogP contribution in [0.15, 0.2) is 4.99 Å². The lowest BCUT2D eigenvalue weighted by atomic mass is 9.96. The summed E-state index contributed by atoms with van der Waals surface area (Å²) in [5.41, 5.74) is 16.4. The van der Waals surface area contributed by atoms with E-state index < -0.39 is 133 Å². The summed E-state index contributed by atoms with van der Waals surface area (Å²) in [4.78, 5) is 149. The Labute approximate surface area is 409 Å². The molecule has 26 heteroatoms. The summed E-state index contributed by atoms with van der Waals surface area (Å²) < 4.78 is 0. The molecule has 26 nitrogen and oxygen atoms in total. The molecule has 11 amide bonds. The number of aliphatic hydroxyl groups excluding tert-OH is 1. The molecular formula is C44H78N14O12. The summed E-state index contributed by atoms with van der Waals surface area (Å²) in [5, 5.41) is 33.3. The fourth-order valence-corrected chi connectivity index (χ4v) is 7.30. The molecule has 0 aromatic rings. The number of amides is 11. The van der Waals surface area contributed by atoms with Gasteiger partial charge in [0.05, 0.1) is 13.2 Å². The van der Waals surface area contributed by atoms with Gasteiger partial charge in [-0.05, 0) is 70.1 Å². The third-order valence-electron chi connectivity index (χ3n) is 11.4.